The van der Waals surface area contributed by atoms with Gasteiger partial charge in [-0.2, -0.15) is 5.10 Å². The minimum absolute atomic E-state index is 0.112. The molecule has 1 N–H and O–H groups in total. The monoisotopic (exact) mass is 433 g/mol. The molecule has 4 rings (SSSR count). The van der Waals surface area contributed by atoms with E-state index < -0.39 is 0 Å². The van der Waals surface area contributed by atoms with Gasteiger partial charge in [-0.25, -0.2) is 9.67 Å². The molecule has 31 heavy (non-hydrogen) atoms. The Labute approximate surface area is 186 Å². The average molecular weight is 434 g/mol. The van der Waals surface area contributed by atoms with Crippen LogP contribution in [-0.2, 0) is 13.0 Å². The molecule has 0 spiro atoms. The standard InChI is InChI=1S/C24H24ClN5O/c1-17-23(25)18(2)30(28-17)21-10-8-20(9-11-21)24(31)27-13-12-22-26-14-15-29(22)16-19-6-4-3-5-7-19/h3-11,14-15H,12-13,16H2,1-2H3,(H,27,31). The summed E-state index contributed by atoms with van der Waals surface area (Å²) in [7, 11) is 0. The number of aromatic nitrogens is 4. The van der Waals surface area contributed by atoms with E-state index in [4.69, 9.17) is 11.6 Å². The number of carbonyl (C=O) groups is 1. The summed E-state index contributed by atoms with van der Waals surface area (Å²) in [5.41, 5.74) is 4.35. The van der Waals surface area contributed by atoms with E-state index in [0.717, 1.165) is 29.4 Å². The maximum absolute atomic E-state index is 12.5. The maximum Gasteiger partial charge on any atom is 0.251 e. The summed E-state index contributed by atoms with van der Waals surface area (Å²) in [5, 5.41) is 8.08. The number of imidazole rings is 1. The number of hydrogen-bond acceptors (Lipinski definition) is 3. The van der Waals surface area contributed by atoms with Gasteiger partial charge in [0.25, 0.3) is 5.91 Å². The molecule has 0 bridgehead atoms. The number of nitrogens with zero attached hydrogens (tertiary/aromatic N) is 4. The highest BCUT2D eigenvalue weighted by Crippen LogP contribution is 2.22. The minimum atomic E-state index is -0.112. The zero-order valence-electron chi connectivity index (χ0n) is 17.5. The molecule has 0 saturated heterocycles. The number of aryl methyl sites for hydroxylation is 1. The zero-order valence-corrected chi connectivity index (χ0v) is 18.3. The fourth-order valence-corrected chi connectivity index (χ4v) is 3.63. The molecule has 7 heteroatoms. The SMILES string of the molecule is Cc1nn(-c2ccc(C(=O)NCCc3nccn3Cc3ccccc3)cc2)c(C)c1Cl. The Kier molecular flexibility index (Phi) is 6.18. The van der Waals surface area contributed by atoms with Crippen LogP contribution in [0.15, 0.2) is 67.0 Å². The van der Waals surface area contributed by atoms with Crippen molar-refractivity contribution in [3.05, 3.63) is 100 Å². The highest BCUT2D eigenvalue weighted by molar-refractivity contribution is 6.31. The molecule has 1 amide bonds. The number of carbonyl (C=O) groups excluding carboxylic acids is 1. The van der Waals surface area contributed by atoms with Gasteiger partial charge in [0.15, 0.2) is 0 Å². The van der Waals surface area contributed by atoms with Crippen LogP contribution >= 0.6 is 11.6 Å². The van der Waals surface area contributed by atoms with Gasteiger partial charge in [0.2, 0.25) is 0 Å². The van der Waals surface area contributed by atoms with Gasteiger partial charge < -0.3 is 9.88 Å². The molecule has 0 aliphatic carbocycles. The molecular weight excluding hydrogens is 410 g/mol. The van der Waals surface area contributed by atoms with Crippen molar-refractivity contribution in [1.29, 1.82) is 0 Å². The second-order valence-corrected chi connectivity index (χ2v) is 7.78. The van der Waals surface area contributed by atoms with Gasteiger partial charge in [-0.15, -0.1) is 0 Å². The molecule has 6 nitrogen and oxygen atoms in total. The molecule has 2 aromatic carbocycles. The van der Waals surface area contributed by atoms with Crippen LogP contribution in [0.2, 0.25) is 5.02 Å². The topological polar surface area (TPSA) is 64.7 Å². The zero-order chi connectivity index (χ0) is 21.8. The van der Waals surface area contributed by atoms with Crippen molar-refractivity contribution >= 4 is 17.5 Å². The minimum Gasteiger partial charge on any atom is -0.352 e. The summed E-state index contributed by atoms with van der Waals surface area (Å²) in [4.78, 5) is 17.0. The lowest BCUT2D eigenvalue weighted by Crippen LogP contribution is -2.26. The second-order valence-electron chi connectivity index (χ2n) is 7.41. The van der Waals surface area contributed by atoms with Gasteiger partial charge >= 0.3 is 0 Å². The number of halogens is 1. The molecule has 0 aliphatic heterocycles. The van der Waals surface area contributed by atoms with Crippen LogP contribution in [0.1, 0.15) is 33.1 Å². The summed E-state index contributed by atoms with van der Waals surface area (Å²) in [6.45, 7) is 5.07. The normalized spacial score (nSPS) is 10.9. The number of amides is 1. The lowest BCUT2D eigenvalue weighted by Gasteiger charge is -2.10. The lowest BCUT2D eigenvalue weighted by molar-refractivity contribution is 0.0954. The van der Waals surface area contributed by atoms with Crippen LogP contribution in [-0.4, -0.2) is 31.8 Å². The smallest absolute Gasteiger partial charge is 0.251 e. The Morgan fingerprint density at radius 1 is 1.06 bits per heavy atom. The number of rotatable bonds is 7. The average Bonchev–Trinajstić information content (AvgIpc) is 3.33. The highest BCUT2D eigenvalue weighted by Gasteiger charge is 2.12. The van der Waals surface area contributed by atoms with Crippen LogP contribution < -0.4 is 5.32 Å². The molecule has 2 heterocycles. The fourth-order valence-electron chi connectivity index (χ4n) is 3.51. The van der Waals surface area contributed by atoms with Gasteiger partial charge in [-0.3, -0.25) is 4.79 Å². The van der Waals surface area contributed by atoms with Crippen molar-refractivity contribution in [2.24, 2.45) is 0 Å². The van der Waals surface area contributed by atoms with E-state index in [2.05, 4.69) is 32.1 Å². The van der Waals surface area contributed by atoms with Gasteiger partial charge in [0.1, 0.15) is 5.82 Å². The lowest BCUT2D eigenvalue weighted by atomic mass is 10.2. The third kappa shape index (κ3) is 4.70. The van der Waals surface area contributed by atoms with Crippen molar-refractivity contribution in [1.82, 2.24) is 24.6 Å². The predicted molar refractivity (Wildman–Crippen MR) is 122 cm³/mol. The molecule has 0 saturated carbocycles. The molecule has 0 fully saturated rings. The first-order chi connectivity index (χ1) is 15.0. The number of nitrogens with one attached hydrogen (secondary N) is 1. The molecule has 0 atom stereocenters. The molecule has 4 aromatic rings. The largest absolute Gasteiger partial charge is 0.352 e. The molecule has 158 valence electrons. The summed E-state index contributed by atoms with van der Waals surface area (Å²) in [5.74, 6) is 0.833. The third-order valence-electron chi connectivity index (χ3n) is 5.21. The van der Waals surface area contributed by atoms with Crippen molar-refractivity contribution in [2.75, 3.05) is 6.54 Å². The molecule has 0 unspecified atom stereocenters. The first-order valence-corrected chi connectivity index (χ1v) is 10.5. The quantitative estimate of drug-likeness (QED) is 0.471. The maximum atomic E-state index is 12.5. The second kappa shape index (κ2) is 9.18. The summed E-state index contributed by atoms with van der Waals surface area (Å²) in [6.07, 6.45) is 4.42. The summed E-state index contributed by atoms with van der Waals surface area (Å²) in [6, 6.07) is 17.6. The van der Waals surface area contributed by atoms with Gasteiger partial charge in [0.05, 0.1) is 22.1 Å². The Bertz CT molecular complexity index is 1180. The molecule has 0 radical (unpaired) electrons. The first-order valence-electron chi connectivity index (χ1n) is 10.2. The van der Waals surface area contributed by atoms with Gasteiger partial charge in [-0.1, -0.05) is 41.9 Å². The molecule has 0 aliphatic rings. The number of hydrogen-bond donors (Lipinski definition) is 1. The Morgan fingerprint density at radius 3 is 2.48 bits per heavy atom. The van der Waals surface area contributed by atoms with E-state index in [1.165, 1.54) is 5.56 Å². The van der Waals surface area contributed by atoms with E-state index in [1.54, 1.807) is 23.0 Å². The van der Waals surface area contributed by atoms with Crippen LogP contribution in [0.3, 0.4) is 0 Å². The van der Waals surface area contributed by atoms with Gasteiger partial charge in [-0.05, 0) is 43.7 Å². The third-order valence-corrected chi connectivity index (χ3v) is 5.76. The van der Waals surface area contributed by atoms with E-state index in [0.29, 0.717) is 23.6 Å². The molecular formula is C24H24ClN5O. The van der Waals surface area contributed by atoms with Crippen molar-refractivity contribution < 1.29 is 4.79 Å². The van der Waals surface area contributed by atoms with Crippen molar-refractivity contribution in [3.63, 3.8) is 0 Å². The summed E-state index contributed by atoms with van der Waals surface area (Å²) < 4.78 is 3.89. The highest BCUT2D eigenvalue weighted by atomic mass is 35.5. The van der Waals surface area contributed by atoms with E-state index in [-0.39, 0.29) is 5.91 Å². The number of benzene rings is 2. The van der Waals surface area contributed by atoms with E-state index in [9.17, 15) is 4.79 Å². The molecule has 2 aromatic heterocycles. The Balaban J connectivity index is 1.35. The fraction of sp³-hybridized carbons (Fsp3) is 0.208. The Hall–Kier alpha value is -3.38. The van der Waals surface area contributed by atoms with Crippen LogP contribution in [0.5, 0.6) is 0 Å². The van der Waals surface area contributed by atoms with Crippen LogP contribution in [0.25, 0.3) is 5.69 Å². The van der Waals surface area contributed by atoms with Crippen LogP contribution in [0, 0.1) is 13.8 Å². The van der Waals surface area contributed by atoms with E-state index in [1.807, 2.05) is 50.4 Å². The van der Waals surface area contributed by atoms with E-state index >= 15 is 0 Å². The van der Waals surface area contributed by atoms with Crippen molar-refractivity contribution in [2.45, 2.75) is 26.8 Å². The van der Waals surface area contributed by atoms with Gasteiger partial charge in [0, 0.05) is 37.5 Å². The van der Waals surface area contributed by atoms with Crippen LogP contribution in [0.4, 0.5) is 0 Å². The van der Waals surface area contributed by atoms with Crippen molar-refractivity contribution in [3.8, 4) is 5.69 Å². The first kappa shape index (κ1) is 20.9. The predicted octanol–water partition coefficient (Wildman–Crippen LogP) is 4.36. The Morgan fingerprint density at radius 2 is 1.81 bits per heavy atom. The summed E-state index contributed by atoms with van der Waals surface area (Å²) >= 11 is 6.23.